The lowest BCUT2D eigenvalue weighted by Crippen LogP contribution is -2.70. The van der Waals surface area contributed by atoms with Gasteiger partial charge in [0, 0.05) is 24.3 Å². The number of amides is 2. The van der Waals surface area contributed by atoms with Crippen LogP contribution in [0.25, 0.3) is 0 Å². The molecule has 46 heavy (non-hydrogen) atoms. The number of rotatable bonds is 24. The van der Waals surface area contributed by atoms with E-state index in [0.717, 1.165) is 37.0 Å². The molecule has 0 aromatic carbocycles. The van der Waals surface area contributed by atoms with Crippen LogP contribution in [0.4, 0.5) is 5.13 Å². The molecule has 0 spiro atoms. The Hall–Kier alpha value is -2.68. The minimum Gasteiger partial charge on any atom is -0.458 e. The number of oxime groups is 1. The zero-order valence-corrected chi connectivity index (χ0v) is 29.1. The third kappa shape index (κ3) is 11.8. The van der Waals surface area contributed by atoms with E-state index in [1.165, 1.54) is 75.1 Å². The summed E-state index contributed by atoms with van der Waals surface area (Å²) in [5.41, 5.74) is 6.02. The predicted octanol–water partition coefficient (Wildman–Crippen LogP) is 5.03. The van der Waals surface area contributed by atoms with Crippen LogP contribution in [-0.2, 0) is 33.4 Å². The average Bonchev–Trinajstić information content (AvgIpc) is 3.49. The first kappa shape index (κ1) is 37.8. The number of nitrogens with zero attached hydrogens (tertiary/aromatic N) is 3. The lowest BCUT2D eigenvalue weighted by Gasteiger charge is -2.48. The van der Waals surface area contributed by atoms with Crippen LogP contribution in [0.3, 0.4) is 0 Å². The molecule has 2 unspecified atom stereocenters. The summed E-state index contributed by atoms with van der Waals surface area (Å²) in [6.45, 7) is 5.98. The van der Waals surface area contributed by atoms with Crippen molar-refractivity contribution >= 4 is 51.7 Å². The van der Waals surface area contributed by atoms with E-state index in [-0.39, 0.29) is 28.8 Å². The number of thioether (sulfide) groups is 1. The largest absolute Gasteiger partial charge is 0.458 e. The molecule has 2 amide bonds. The second-order valence-electron chi connectivity index (χ2n) is 11.4. The minimum atomic E-state index is -0.851. The highest BCUT2D eigenvalue weighted by Gasteiger charge is 2.53. The summed E-state index contributed by atoms with van der Waals surface area (Å²) in [6.07, 6.45) is 15.3. The topological polar surface area (TPSA) is 155 Å². The first-order chi connectivity index (χ1) is 22.4. The zero-order valence-electron chi connectivity index (χ0n) is 27.5. The van der Waals surface area contributed by atoms with Gasteiger partial charge in [0.05, 0.1) is 6.61 Å². The van der Waals surface area contributed by atoms with Gasteiger partial charge in [-0.05, 0) is 18.9 Å². The number of ether oxygens (including phenoxy) is 3. The summed E-state index contributed by atoms with van der Waals surface area (Å²) in [5.74, 6) is -1.17. The van der Waals surface area contributed by atoms with Crippen LogP contribution in [0, 0.1) is 0 Å². The highest BCUT2D eigenvalue weighted by molar-refractivity contribution is 8.00. The van der Waals surface area contributed by atoms with E-state index in [9.17, 15) is 14.4 Å². The van der Waals surface area contributed by atoms with Gasteiger partial charge in [-0.2, -0.15) is 0 Å². The van der Waals surface area contributed by atoms with E-state index >= 15 is 0 Å². The van der Waals surface area contributed by atoms with Crippen molar-refractivity contribution in [1.82, 2.24) is 15.2 Å². The predicted molar refractivity (Wildman–Crippen MR) is 181 cm³/mol. The number of aromatic nitrogens is 1. The number of unbranched alkanes of at least 4 members (excludes halogenated alkanes) is 10. The molecule has 0 bridgehead atoms. The number of esters is 1. The van der Waals surface area contributed by atoms with Crippen LogP contribution < -0.4 is 11.1 Å². The molecule has 1 fully saturated rings. The molecule has 1 aromatic heterocycles. The molecule has 2 aliphatic heterocycles. The SMILES string of the molecule is CCCCCCCCOCC(COC(=O)C1=CCS[C@@H]2C(NC(=O)/C(=N\OC)c3csc(N)n3)C(=O)N12)OCCCCCCCC. The monoisotopic (exact) mass is 681 g/mol. The Balaban J connectivity index is 1.50. The molecule has 258 valence electrons. The van der Waals surface area contributed by atoms with E-state index in [2.05, 4.69) is 29.3 Å². The Morgan fingerprint density at radius 1 is 1.04 bits per heavy atom. The van der Waals surface area contributed by atoms with Crippen molar-refractivity contribution in [3.63, 3.8) is 0 Å². The van der Waals surface area contributed by atoms with E-state index < -0.39 is 35.3 Å². The van der Waals surface area contributed by atoms with Crippen LogP contribution in [-0.4, -0.2) is 90.2 Å². The van der Waals surface area contributed by atoms with Gasteiger partial charge < -0.3 is 30.1 Å². The van der Waals surface area contributed by atoms with Gasteiger partial charge in [-0.15, -0.1) is 23.1 Å². The fourth-order valence-corrected chi connectivity index (χ4v) is 6.89. The summed E-state index contributed by atoms with van der Waals surface area (Å²) in [5, 5.41) is 7.87. The van der Waals surface area contributed by atoms with Crippen molar-refractivity contribution in [1.29, 1.82) is 0 Å². The average molecular weight is 682 g/mol. The van der Waals surface area contributed by atoms with Crippen LogP contribution in [0.15, 0.2) is 22.3 Å². The highest BCUT2D eigenvalue weighted by atomic mass is 32.2. The Labute approximate surface area is 281 Å². The number of β-lactam (4-membered cyclic amide) rings is 1. The molecule has 2 aliphatic rings. The highest BCUT2D eigenvalue weighted by Crippen LogP contribution is 2.38. The first-order valence-corrected chi connectivity index (χ1v) is 18.5. The van der Waals surface area contributed by atoms with Gasteiger partial charge in [0.15, 0.2) is 10.8 Å². The number of fused-ring (bicyclic) bond motifs is 1. The summed E-state index contributed by atoms with van der Waals surface area (Å²) in [6, 6.07) is -0.851. The number of hydrogen-bond acceptors (Lipinski definition) is 12. The second kappa shape index (κ2) is 21.2. The zero-order chi connectivity index (χ0) is 33.1. The normalized spacial score (nSPS) is 18.4. The van der Waals surface area contributed by atoms with Crippen molar-refractivity contribution in [3.8, 4) is 0 Å². The molecule has 1 saturated heterocycles. The number of anilines is 1. The number of nitrogens with two attached hydrogens (primary N) is 1. The second-order valence-corrected chi connectivity index (χ2v) is 13.4. The van der Waals surface area contributed by atoms with E-state index in [1.807, 2.05) is 0 Å². The quantitative estimate of drug-likeness (QED) is 0.0499. The molecule has 12 nitrogen and oxygen atoms in total. The molecular weight excluding hydrogens is 631 g/mol. The van der Waals surface area contributed by atoms with E-state index in [1.54, 1.807) is 11.5 Å². The van der Waals surface area contributed by atoms with Crippen molar-refractivity contribution in [3.05, 3.63) is 22.8 Å². The molecule has 1 aromatic rings. The number of thiazole rings is 1. The molecule has 0 saturated carbocycles. The summed E-state index contributed by atoms with van der Waals surface area (Å²) < 4.78 is 17.7. The van der Waals surface area contributed by atoms with Crippen molar-refractivity contribution in [2.45, 2.75) is 108 Å². The van der Waals surface area contributed by atoms with Crippen LogP contribution in [0.2, 0.25) is 0 Å². The summed E-state index contributed by atoms with van der Waals surface area (Å²) in [4.78, 5) is 49.6. The Kier molecular flexibility index (Phi) is 17.4. The number of carbonyl (C=O) groups is 3. The smallest absolute Gasteiger partial charge is 0.354 e. The maximum atomic E-state index is 13.2. The Bertz CT molecular complexity index is 1160. The van der Waals surface area contributed by atoms with Gasteiger partial charge in [0.1, 0.15) is 42.6 Å². The third-order valence-electron chi connectivity index (χ3n) is 7.70. The number of carbonyl (C=O) groups excluding carboxylic acids is 3. The lowest BCUT2D eigenvalue weighted by molar-refractivity contribution is -0.155. The van der Waals surface area contributed by atoms with Crippen molar-refractivity contribution < 1.29 is 33.4 Å². The number of nitrogens with one attached hydrogen (secondary N) is 1. The molecule has 3 atom stereocenters. The van der Waals surface area contributed by atoms with Crippen molar-refractivity contribution in [2.24, 2.45) is 5.16 Å². The van der Waals surface area contributed by atoms with Gasteiger partial charge in [-0.25, -0.2) is 9.78 Å². The third-order valence-corrected chi connectivity index (χ3v) is 9.56. The molecular formula is C32H51N5O7S2. The fourth-order valence-electron chi connectivity index (χ4n) is 5.15. The standard InChI is InChI=1S/C32H51N5O7S2/c1-4-6-8-10-12-14-17-42-20-23(43-18-15-13-11-9-7-5-2)21-44-31(40)25-16-19-45-30-27(29(39)37(25)30)35-28(38)26(36-41-3)24-22-46-32(33)34-24/h16,22-23,27,30H,4-15,17-21H2,1-3H3,(H2,33,34)(H,35,38)/b36-26-/t23?,27?,30-/m1/s1. The number of hydrogen-bond donors (Lipinski definition) is 2. The minimum absolute atomic E-state index is 0.0239. The van der Waals surface area contributed by atoms with Gasteiger partial charge in [0.25, 0.3) is 11.8 Å². The summed E-state index contributed by atoms with van der Waals surface area (Å²) in [7, 11) is 1.31. The number of nitrogen functional groups attached to an aromatic ring is 1. The first-order valence-electron chi connectivity index (χ1n) is 16.6. The molecule has 3 N–H and O–H groups in total. The van der Waals surface area contributed by atoms with Gasteiger partial charge >= 0.3 is 5.97 Å². The molecule has 3 heterocycles. The Morgan fingerprint density at radius 3 is 2.37 bits per heavy atom. The Morgan fingerprint density at radius 2 is 1.72 bits per heavy atom. The molecule has 0 aliphatic carbocycles. The maximum Gasteiger partial charge on any atom is 0.354 e. The maximum absolute atomic E-state index is 13.2. The van der Waals surface area contributed by atoms with Crippen LogP contribution in [0.1, 0.15) is 96.6 Å². The van der Waals surface area contributed by atoms with E-state index in [0.29, 0.717) is 25.6 Å². The molecule has 0 radical (unpaired) electrons. The van der Waals surface area contributed by atoms with Gasteiger partial charge in [-0.3, -0.25) is 14.5 Å². The van der Waals surface area contributed by atoms with Crippen LogP contribution >= 0.6 is 23.1 Å². The van der Waals surface area contributed by atoms with Crippen molar-refractivity contribution in [2.75, 3.05) is 45.0 Å². The van der Waals surface area contributed by atoms with E-state index in [4.69, 9.17) is 24.8 Å². The molecule has 14 heteroatoms. The lowest BCUT2D eigenvalue weighted by atomic mass is 10.0. The molecule has 3 rings (SSSR count). The van der Waals surface area contributed by atoms with Gasteiger partial charge in [-0.1, -0.05) is 83.2 Å². The van der Waals surface area contributed by atoms with Crippen LogP contribution in [0.5, 0.6) is 0 Å². The van der Waals surface area contributed by atoms with Gasteiger partial charge in [0.2, 0.25) is 0 Å². The summed E-state index contributed by atoms with van der Waals surface area (Å²) >= 11 is 2.59. The fraction of sp³-hybridized carbons (Fsp3) is 0.719.